The smallest absolute Gasteiger partial charge is 0.306 e. The average Bonchev–Trinajstić information content (AvgIpc) is 3.72. The van der Waals surface area contributed by atoms with E-state index < -0.39 is 0 Å². The first-order chi connectivity index (χ1) is 24.4. The molecule has 3 aromatic carbocycles. The second-order valence-corrected chi connectivity index (χ2v) is 14.0. The molecule has 5 rings (SSSR count). The molecular formula is C46H56O4. The molecule has 50 heavy (non-hydrogen) atoms. The zero-order valence-corrected chi connectivity index (χ0v) is 30.6. The Hall–Kier alpha value is -4.31. The van der Waals surface area contributed by atoms with Crippen LogP contribution in [0.15, 0.2) is 103 Å². The molecule has 0 amide bonds. The van der Waals surface area contributed by atoms with Crippen LogP contribution in [0.3, 0.4) is 0 Å². The van der Waals surface area contributed by atoms with Crippen molar-refractivity contribution in [3.63, 3.8) is 0 Å². The van der Waals surface area contributed by atoms with Crippen LogP contribution in [0.1, 0.15) is 114 Å². The van der Waals surface area contributed by atoms with Gasteiger partial charge in [0.05, 0.1) is 12.9 Å². The molecule has 4 heteroatoms. The molecule has 1 aromatic heterocycles. The summed E-state index contributed by atoms with van der Waals surface area (Å²) in [7, 11) is 0. The monoisotopic (exact) mass is 672 g/mol. The van der Waals surface area contributed by atoms with Crippen LogP contribution < -0.4 is 4.74 Å². The van der Waals surface area contributed by atoms with Gasteiger partial charge < -0.3 is 13.9 Å². The molecule has 0 atom stereocenters. The van der Waals surface area contributed by atoms with Crippen LogP contribution in [-0.4, -0.2) is 18.7 Å². The molecule has 264 valence electrons. The maximum atomic E-state index is 11.8. The van der Waals surface area contributed by atoms with E-state index in [9.17, 15) is 4.79 Å². The van der Waals surface area contributed by atoms with Gasteiger partial charge in [-0.1, -0.05) is 126 Å². The summed E-state index contributed by atoms with van der Waals surface area (Å²) in [6.07, 6.45) is 18.7. The third-order valence-corrected chi connectivity index (χ3v) is 10.2. The van der Waals surface area contributed by atoms with Gasteiger partial charge in [0, 0.05) is 23.0 Å². The number of esters is 1. The number of rotatable bonds is 21. The second kappa shape index (κ2) is 18.1. The fourth-order valence-electron chi connectivity index (χ4n) is 7.69. The van der Waals surface area contributed by atoms with Crippen LogP contribution in [0.4, 0.5) is 0 Å². The standard InChI is InChI=1S/C46H56O4/c1-6-27-46(28-7-2)42-30-34(5)19-25-40(42)41-26-22-36(31-43(41)46)44-32-37(33-49-44)35-20-23-39(24-21-35)48-29-17-15-13-11-10-12-14-16-18-45(47)50-38(8-3)9-4/h8-9,19-26,30-33,38H,3-4,6-7,10-18,27-29H2,1-2,5H3. The molecule has 0 N–H and O–H groups in total. The van der Waals surface area contributed by atoms with Crippen molar-refractivity contribution in [2.45, 2.75) is 116 Å². The van der Waals surface area contributed by atoms with Crippen LogP contribution in [0.25, 0.3) is 33.6 Å². The van der Waals surface area contributed by atoms with Crippen molar-refractivity contribution < 1.29 is 18.7 Å². The van der Waals surface area contributed by atoms with Gasteiger partial charge in [0.2, 0.25) is 0 Å². The molecule has 0 saturated heterocycles. The largest absolute Gasteiger partial charge is 0.494 e. The van der Waals surface area contributed by atoms with E-state index in [1.807, 2.05) is 6.26 Å². The van der Waals surface area contributed by atoms with Crippen LogP contribution in [0, 0.1) is 6.92 Å². The third kappa shape index (κ3) is 8.88. The Labute approximate surface area is 300 Å². The number of benzene rings is 3. The molecule has 0 fully saturated rings. The topological polar surface area (TPSA) is 48.7 Å². The lowest BCUT2D eigenvalue weighted by Crippen LogP contribution is -2.25. The van der Waals surface area contributed by atoms with E-state index in [-0.39, 0.29) is 17.5 Å². The summed E-state index contributed by atoms with van der Waals surface area (Å²) >= 11 is 0. The van der Waals surface area contributed by atoms with Gasteiger partial charge >= 0.3 is 5.97 Å². The lowest BCUT2D eigenvalue weighted by atomic mass is 9.71. The van der Waals surface area contributed by atoms with Crippen molar-refractivity contribution in [2.75, 3.05) is 6.61 Å². The maximum Gasteiger partial charge on any atom is 0.306 e. The minimum absolute atomic E-state index is 0.0587. The number of fused-ring (bicyclic) bond motifs is 3. The number of unbranched alkanes of at least 4 members (excludes halogenated alkanes) is 7. The quantitative estimate of drug-likeness (QED) is 0.0502. The van der Waals surface area contributed by atoms with E-state index in [0.29, 0.717) is 6.42 Å². The highest BCUT2D eigenvalue weighted by atomic mass is 16.5. The summed E-state index contributed by atoms with van der Waals surface area (Å²) in [6, 6.07) is 24.5. The molecule has 4 nitrogen and oxygen atoms in total. The number of furan rings is 1. The lowest BCUT2D eigenvalue weighted by Gasteiger charge is -2.32. The normalized spacial score (nSPS) is 12.8. The minimum atomic E-state index is -0.384. The van der Waals surface area contributed by atoms with E-state index in [1.165, 1.54) is 53.5 Å². The summed E-state index contributed by atoms with van der Waals surface area (Å²) in [5, 5.41) is 0. The van der Waals surface area contributed by atoms with E-state index in [2.05, 4.69) is 101 Å². The van der Waals surface area contributed by atoms with Gasteiger partial charge in [0.25, 0.3) is 0 Å². The van der Waals surface area contributed by atoms with Crippen LogP contribution in [0.2, 0.25) is 0 Å². The first-order valence-corrected chi connectivity index (χ1v) is 18.9. The summed E-state index contributed by atoms with van der Waals surface area (Å²) in [4.78, 5) is 11.8. The molecule has 1 aliphatic carbocycles. The molecule has 4 aromatic rings. The van der Waals surface area contributed by atoms with Crippen LogP contribution in [0.5, 0.6) is 5.75 Å². The molecule has 0 saturated carbocycles. The van der Waals surface area contributed by atoms with Gasteiger partial charge in [-0.2, -0.15) is 0 Å². The molecule has 0 bridgehead atoms. The van der Waals surface area contributed by atoms with Crippen molar-refractivity contribution in [3.8, 4) is 39.3 Å². The van der Waals surface area contributed by atoms with Gasteiger partial charge in [-0.25, -0.2) is 0 Å². The third-order valence-electron chi connectivity index (χ3n) is 10.2. The lowest BCUT2D eigenvalue weighted by molar-refractivity contribution is -0.145. The molecule has 0 spiro atoms. The molecule has 0 unspecified atom stereocenters. The van der Waals surface area contributed by atoms with E-state index in [4.69, 9.17) is 13.9 Å². The zero-order chi connectivity index (χ0) is 35.3. The van der Waals surface area contributed by atoms with Gasteiger partial charge in [0.1, 0.15) is 17.6 Å². The Bertz CT molecular complexity index is 1690. The summed E-state index contributed by atoms with van der Waals surface area (Å²) in [5.41, 5.74) is 10.5. The predicted octanol–water partition coefficient (Wildman–Crippen LogP) is 13.0. The van der Waals surface area contributed by atoms with Crippen LogP contribution in [-0.2, 0) is 14.9 Å². The van der Waals surface area contributed by atoms with Crippen molar-refractivity contribution in [1.29, 1.82) is 0 Å². The molecule has 1 heterocycles. The molecule has 0 radical (unpaired) electrons. The average molecular weight is 673 g/mol. The van der Waals surface area contributed by atoms with Gasteiger partial charge in [-0.05, 0) is 96.8 Å². The Kier molecular flexibility index (Phi) is 13.4. The van der Waals surface area contributed by atoms with Crippen molar-refractivity contribution >= 4 is 5.97 Å². The summed E-state index contributed by atoms with van der Waals surface area (Å²) < 4.78 is 17.5. The first-order valence-electron chi connectivity index (χ1n) is 18.9. The Morgan fingerprint density at radius 3 is 2.00 bits per heavy atom. The highest BCUT2D eigenvalue weighted by molar-refractivity contribution is 5.84. The number of ether oxygens (including phenoxy) is 2. The van der Waals surface area contributed by atoms with Crippen molar-refractivity contribution in [1.82, 2.24) is 0 Å². The first kappa shape index (κ1) is 37.0. The summed E-state index contributed by atoms with van der Waals surface area (Å²) in [5.74, 6) is 1.64. The fourth-order valence-corrected chi connectivity index (χ4v) is 7.69. The zero-order valence-electron chi connectivity index (χ0n) is 30.6. The van der Waals surface area contributed by atoms with Crippen LogP contribution >= 0.6 is 0 Å². The van der Waals surface area contributed by atoms with Gasteiger partial charge in [0.15, 0.2) is 0 Å². The van der Waals surface area contributed by atoms with E-state index in [0.717, 1.165) is 86.2 Å². The Morgan fingerprint density at radius 2 is 1.34 bits per heavy atom. The van der Waals surface area contributed by atoms with Crippen molar-refractivity contribution in [3.05, 3.63) is 115 Å². The molecule has 0 aliphatic heterocycles. The second-order valence-electron chi connectivity index (χ2n) is 14.0. The maximum absolute atomic E-state index is 11.8. The Balaban J connectivity index is 1.07. The number of carbonyl (C=O) groups excluding carboxylic acids is 1. The summed E-state index contributed by atoms with van der Waals surface area (Å²) in [6.45, 7) is 14.8. The molecular weight excluding hydrogens is 617 g/mol. The predicted molar refractivity (Wildman–Crippen MR) is 208 cm³/mol. The molecule has 1 aliphatic rings. The van der Waals surface area contributed by atoms with Gasteiger partial charge in [-0.15, -0.1) is 0 Å². The number of aryl methyl sites for hydroxylation is 1. The highest BCUT2D eigenvalue weighted by Gasteiger charge is 2.42. The van der Waals surface area contributed by atoms with E-state index >= 15 is 0 Å². The number of hydrogen-bond acceptors (Lipinski definition) is 4. The Morgan fingerprint density at radius 1 is 0.740 bits per heavy atom. The van der Waals surface area contributed by atoms with E-state index in [1.54, 1.807) is 12.2 Å². The van der Waals surface area contributed by atoms with Gasteiger partial charge in [-0.3, -0.25) is 4.79 Å². The van der Waals surface area contributed by atoms with Crippen molar-refractivity contribution in [2.24, 2.45) is 0 Å². The number of hydrogen-bond donors (Lipinski definition) is 0. The minimum Gasteiger partial charge on any atom is -0.494 e. The fraction of sp³-hybridized carbons (Fsp3) is 0.413. The highest BCUT2D eigenvalue weighted by Crippen LogP contribution is 2.54. The number of carbonyl (C=O) groups is 1. The SMILES string of the molecule is C=CC(C=C)OC(=O)CCCCCCCCCCOc1ccc(-c2coc(-c3ccc4c(c3)C(CCC)(CCC)c3cc(C)ccc3-4)c2)cc1.